The van der Waals surface area contributed by atoms with Crippen LogP contribution in [-0.4, -0.2) is 34.9 Å². The molecule has 7 nitrogen and oxygen atoms in total. The number of rotatable bonds is 5. The molecule has 1 aliphatic heterocycles. The largest absolute Gasteiger partial charge is 0.482 e. The number of amides is 2. The monoisotopic (exact) mass is 392 g/mol. The van der Waals surface area contributed by atoms with Crippen LogP contribution in [-0.2, 0) is 4.79 Å². The molecule has 0 saturated carbocycles. The molecule has 0 fully saturated rings. The van der Waals surface area contributed by atoms with E-state index >= 15 is 0 Å². The molecule has 0 unspecified atom stereocenters. The zero-order valence-corrected chi connectivity index (χ0v) is 15.6. The van der Waals surface area contributed by atoms with Crippen molar-refractivity contribution in [3.8, 4) is 17.0 Å². The van der Waals surface area contributed by atoms with Crippen LogP contribution in [0.5, 0.6) is 5.75 Å². The summed E-state index contributed by atoms with van der Waals surface area (Å²) in [6.07, 6.45) is 4.78. The first kappa shape index (κ1) is 17.9. The number of carbonyl (C=O) groups is 2. The van der Waals surface area contributed by atoms with Crippen molar-refractivity contribution in [3.05, 3.63) is 66.3 Å². The van der Waals surface area contributed by atoms with E-state index < -0.39 is 0 Å². The van der Waals surface area contributed by atoms with Crippen LogP contribution >= 0.6 is 11.3 Å². The summed E-state index contributed by atoms with van der Waals surface area (Å²) in [6.45, 7) is 4.13. The minimum absolute atomic E-state index is 0.0153. The molecule has 140 valence electrons. The third kappa shape index (κ3) is 3.49. The lowest BCUT2D eigenvalue weighted by molar-refractivity contribution is -0.121. The highest BCUT2D eigenvalue weighted by molar-refractivity contribution is 7.14. The van der Waals surface area contributed by atoms with Gasteiger partial charge in [0.1, 0.15) is 5.75 Å². The van der Waals surface area contributed by atoms with Crippen LogP contribution in [0.1, 0.15) is 10.4 Å². The number of pyridine rings is 1. The van der Waals surface area contributed by atoms with E-state index in [1.165, 1.54) is 17.5 Å². The maximum atomic E-state index is 12.2. The van der Waals surface area contributed by atoms with Crippen LogP contribution in [0.4, 0.5) is 10.8 Å². The van der Waals surface area contributed by atoms with Crippen molar-refractivity contribution in [1.82, 2.24) is 9.97 Å². The first-order valence-corrected chi connectivity index (χ1v) is 9.39. The van der Waals surface area contributed by atoms with E-state index in [2.05, 4.69) is 21.9 Å². The maximum Gasteiger partial charge on any atom is 0.265 e. The molecule has 8 heteroatoms. The number of anilines is 2. The summed E-state index contributed by atoms with van der Waals surface area (Å²) in [7, 11) is 0. The number of hydrogen-bond donors (Lipinski definition) is 1. The van der Waals surface area contributed by atoms with Crippen molar-refractivity contribution in [2.75, 3.05) is 23.4 Å². The summed E-state index contributed by atoms with van der Waals surface area (Å²) in [5.41, 5.74) is 2.67. The number of ether oxygens (including phenoxy) is 1. The Morgan fingerprint density at radius 2 is 2.29 bits per heavy atom. The molecule has 0 saturated heterocycles. The first-order chi connectivity index (χ1) is 13.7. The van der Waals surface area contributed by atoms with Crippen LogP contribution in [0.3, 0.4) is 0 Å². The number of nitrogens with one attached hydrogen (secondary N) is 1. The van der Waals surface area contributed by atoms with Gasteiger partial charge in [0.25, 0.3) is 11.8 Å². The normalized spacial score (nSPS) is 12.9. The molecule has 3 heterocycles. The Morgan fingerprint density at radius 1 is 1.39 bits per heavy atom. The van der Waals surface area contributed by atoms with Gasteiger partial charge < -0.3 is 9.64 Å². The molecule has 0 aliphatic carbocycles. The first-order valence-electron chi connectivity index (χ1n) is 8.51. The summed E-state index contributed by atoms with van der Waals surface area (Å²) < 4.78 is 5.50. The van der Waals surface area contributed by atoms with E-state index in [4.69, 9.17) is 4.74 Å². The van der Waals surface area contributed by atoms with Crippen LogP contribution in [0.15, 0.2) is 60.8 Å². The van der Waals surface area contributed by atoms with Crippen molar-refractivity contribution < 1.29 is 14.3 Å². The van der Waals surface area contributed by atoms with Gasteiger partial charge in [0.05, 0.1) is 16.9 Å². The van der Waals surface area contributed by atoms with Crippen molar-refractivity contribution in [1.29, 1.82) is 0 Å². The van der Waals surface area contributed by atoms with Crippen LogP contribution in [0.25, 0.3) is 11.3 Å². The Morgan fingerprint density at radius 3 is 3.07 bits per heavy atom. The summed E-state index contributed by atoms with van der Waals surface area (Å²) in [5, 5.41) is 5.11. The molecule has 0 radical (unpaired) electrons. The molecule has 4 rings (SSSR count). The molecular formula is C20H16N4O3S. The third-order valence-corrected chi connectivity index (χ3v) is 4.92. The maximum absolute atomic E-state index is 12.2. The Hall–Kier alpha value is -3.52. The van der Waals surface area contributed by atoms with E-state index in [1.54, 1.807) is 29.3 Å². The molecule has 28 heavy (non-hydrogen) atoms. The molecule has 2 amide bonds. The van der Waals surface area contributed by atoms with Gasteiger partial charge in [-0.3, -0.25) is 19.9 Å². The SMILES string of the molecule is C=CCN1C(=O)COc2ccc(-c3csc(NC(=O)c4cccnc4)n3)cc21. The second kappa shape index (κ2) is 7.61. The predicted molar refractivity (Wildman–Crippen MR) is 108 cm³/mol. The Kier molecular flexibility index (Phi) is 4.86. The topological polar surface area (TPSA) is 84.4 Å². The van der Waals surface area contributed by atoms with Crippen molar-refractivity contribution in [2.24, 2.45) is 0 Å². The third-order valence-electron chi connectivity index (χ3n) is 4.16. The molecule has 1 aromatic carbocycles. The van der Waals surface area contributed by atoms with Gasteiger partial charge in [-0.15, -0.1) is 17.9 Å². The standard InChI is InChI=1S/C20H16N4O3S/c1-2-8-24-16-9-13(5-6-17(16)27-11-18(24)25)15-12-28-20(22-15)23-19(26)14-4-3-7-21-10-14/h2-7,9-10,12H,1,8,11H2,(H,22,23,26). The van der Waals surface area contributed by atoms with Gasteiger partial charge in [-0.2, -0.15) is 0 Å². The van der Waals surface area contributed by atoms with Crippen LogP contribution in [0.2, 0.25) is 0 Å². The molecule has 1 N–H and O–H groups in total. The van der Waals surface area contributed by atoms with Gasteiger partial charge in [-0.25, -0.2) is 4.98 Å². The fourth-order valence-electron chi connectivity index (χ4n) is 2.82. The summed E-state index contributed by atoms with van der Waals surface area (Å²) in [5.74, 6) is 0.258. The zero-order chi connectivity index (χ0) is 19.5. The second-order valence-electron chi connectivity index (χ2n) is 6.00. The molecule has 0 spiro atoms. The van der Waals surface area contributed by atoms with Crippen LogP contribution < -0.4 is 15.0 Å². The van der Waals surface area contributed by atoms with E-state index in [0.717, 1.165) is 5.56 Å². The number of hydrogen-bond acceptors (Lipinski definition) is 6. The molecule has 3 aromatic rings. The number of thiazole rings is 1. The summed E-state index contributed by atoms with van der Waals surface area (Å²) in [4.78, 5) is 34.4. The number of fused-ring (bicyclic) bond motifs is 1. The highest BCUT2D eigenvalue weighted by Gasteiger charge is 2.25. The number of benzene rings is 1. The molecule has 2 aromatic heterocycles. The lowest BCUT2D eigenvalue weighted by Gasteiger charge is -2.28. The quantitative estimate of drug-likeness (QED) is 0.673. The molecular weight excluding hydrogens is 376 g/mol. The minimum Gasteiger partial charge on any atom is -0.482 e. The van der Waals surface area contributed by atoms with Crippen molar-refractivity contribution in [3.63, 3.8) is 0 Å². The predicted octanol–water partition coefficient (Wildman–Crippen LogP) is 3.37. The molecule has 0 atom stereocenters. The van der Waals surface area contributed by atoms with E-state index in [9.17, 15) is 9.59 Å². The fourth-order valence-corrected chi connectivity index (χ4v) is 3.54. The zero-order valence-electron chi connectivity index (χ0n) is 14.8. The van der Waals surface area contributed by atoms with Gasteiger partial charge in [0.15, 0.2) is 11.7 Å². The van der Waals surface area contributed by atoms with E-state index in [-0.39, 0.29) is 18.4 Å². The summed E-state index contributed by atoms with van der Waals surface area (Å²) >= 11 is 1.32. The van der Waals surface area contributed by atoms with Gasteiger partial charge >= 0.3 is 0 Å². The average molecular weight is 392 g/mol. The number of carbonyl (C=O) groups excluding carboxylic acids is 2. The summed E-state index contributed by atoms with van der Waals surface area (Å²) in [6, 6.07) is 8.94. The highest BCUT2D eigenvalue weighted by atomic mass is 32.1. The van der Waals surface area contributed by atoms with Gasteiger partial charge in [0.2, 0.25) is 0 Å². The number of aromatic nitrogens is 2. The lowest BCUT2D eigenvalue weighted by atomic mass is 10.1. The molecule has 0 bridgehead atoms. The van der Waals surface area contributed by atoms with Gasteiger partial charge in [-0.1, -0.05) is 6.08 Å². The van der Waals surface area contributed by atoms with Crippen molar-refractivity contribution in [2.45, 2.75) is 0 Å². The van der Waals surface area contributed by atoms with E-state index in [0.29, 0.717) is 34.4 Å². The smallest absolute Gasteiger partial charge is 0.265 e. The van der Waals surface area contributed by atoms with Crippen LogP contribution in [0, 0.1) is 0 Å². The second-order valence-corrected chi connectivity index (χ2v) is 6.86. The van der Waals surface area contributed by atoms with E-state index in [1.807, 2.05) is 23.6 Å². The fraction of sp³-hybridized carbons (Fsp3) is 0.100. The molecule has 1 aliphatic rings. The Bertz CT molecular complexity index is 1050. The lowest BCUT2D eigenvalue weighted by Crippen LogP contribution is -2.38. The Balaban J connectivity index is 1.58. The number of nitrogens with zero attached hydrogens (tertiary/aromatic N) is 3. The average Bonchev–Trinajstić information content (AvgIpc) is 3.19. The highest BCUT2D eigenvalue weighted by Crippen LogP contribution is 2.36. The van der Waals surface area contributed by atoms with Gasteiger partial charge in [0, 0.05) is 29.9 Å². The minimum atomic E-state index is -0.268. The van der Waals surface area contributed by atoms with Crippen molar-refractivity contribution >= 4 is 34.0 Å². The Labute approximate surface area is 165 Å². The van der Waals surface area contributed by atoms with Gasteiger partial charge in [-0.05, 0) is 30.3 Å².